The third-order valence-electron chi connectivity index (χ3n) is 11.5. The van der Waals surface area contributed by atoms with E-state index in [0.717, 1.165) is 47.6 Å². The number of aliphatic hydroxyl groups is 3. The van der Waals surface area contributed by atoms with Crippen LogP contribution in [0.2, 0.25) is 0 Å². The second kappa shape index (κ2) is 20.2. The van der Waals surface area contributed by atoms with Crippen molar-refractivity contribution >= 4 is 22.6 Å². The van der Waals surface area contributed by atoms with Crippen LogP contribution in [0.15, 0.2) is 90.1 Å². The van der Waals surface area contributed by atoms with Crippen LogP contribution < -0.4 is 9.47 Å². The Balaban J connectivity index is 1.57. The number of carbonyl (C=O) groups is 1. The highest BCUT2D eigenvalue weighted by molar-refractivity contribution is 6.03. The second-order valence-electron chi connectivity index (χ2n) is 16.6. The van der Waals surface area contributed by atoms with E-state index in [1.54, 1.807) is 11.0 Å². The van der Waals surface area contributed by atoms with Gasteiger partial charge in [0.05, 0.1) is 45.2 Å². The fourth-order valence-corrected chi connectivity index (χ4v) is 9.09. The molecule has 6 atom stereocenters. The molecule has 0 radical (unpaired) electrons. The van der Waals surface area contributed by atoms with Crippen molar-refractivity contribution < 1.29 is 48.6 Å². The summed E-state index contributed by atoms with van der Waals surface area (Å²) in [6.07, 6.45) is 8.19. The van der Waals surface area contributed by atoms with E-state index in [4.69, 9.17) is 33.7 Å². The highest BCUT2D eigenvalue weighted by Crippen LogP contribution is 2.62. The zero-order chi connectivity index (χ0) is 42.0. The topological polar surface area (TPSA) is 149 Å². The number of nitrogens with zero attached hydrogens (tertiary/aromatic N) is 2. The molecule has 320 valence electrons. The third kappa shape index (κ3) is 10.1. The summed E-state index contributed by atoms with van der Waals surface area (Å²) in [6, 6.07) is 19.4. The maximum Gasteiger partial charge on any atom is 0.410 e. The molecule has 3 aromatic carbocycles. The number of allylic oxidation sites excluding steroid dienone is 1. The lowest BCUT2D eigenvalue weighted by Gasteiger charge is -2.59. The first kappa shape index (κ1) is 44.1. The number of methoxy groups -OCH3 is 1. The van der Waals surface area contributed by atoms with E-state index in [-0.39, 0.29) is 70.4 Å². The molecule has 1 aliphatic heterocycles. The minimum Gasteiger partial charge on any atom is -0.459 e. The number of aliphatic hydroxyl groups excluding tert-OH is 3. The molecule has 0 saturated heterocycles. The minimum absolute atomic E-state index is 0.0438. The highest BCUT2D eigenvalue weighted by Gasteiger charge is 2.65. The molecule has 0 unspecified atom stereocenters. The molecule has 12 heteroatoms. The van der Waals surface area contributed by atoms with Crippen LogP contribution in [0, 0.1) is 17.8 Å². The van der Waals surface area contributed by atoms with E-state index in [2.05, 4.69) is 36.9 Å². The van der Waals surface area contributed by atoms with Gasteiger partial charge in [-0.1, -0.05) is 60.5 Å². The van der Waals surface area contributed by atoms with Gasteiger partial charge >= 0.3 is 6.09 Å². The number of hydrogen-bond donors (Lipinski definition) is 3. The number of fused-ring (bicyclic) bond motifs is 3. The van der Waals surface area contributed by atoms with E-state index in [1.807, 2.05) is 57.2 Å². The molecule has 3 aromatic rings. The molecule has 59 heavy (non-hydrogen) atoms. The van der Waals surface area contributed by atoms with Crippen LogP contribution in [0.5, 0.6) is 17.2 Å². The summed E-state index contributed by atoms with van der Waals surface area (Å²) in [5, 5.41) is 36.3. The molecule has 3 aliphatic rings. The summed E-state index contributed by atoms with van der Waals surface area (Å²) in [6.45, 7) is 10.4. The normalized spacial score (nSPS) is 24.1. The lowest BCUT2D eigenvalue weighted by molar-refractivity contribution is -0.256. The molecule has 1 amide bonds. The van der Waals surface area contributed by atoms with Crippen molar-refractivity contribution in [2.45, 2.75) is 89.1 Å². The zero-order valence-electron chi connectivity index (χ0n) is 35.0. The summed E-state index contributed by atoms with van der Waals surface area (Å²) in [5.74, 6) is -0.0829. The first-order valence-electron chi connectivity index (χ1n) is 21.0. The van der Waals surface area contributed by atoms with Crippen LogP contribution in [-0.4, -0.2) is 103 Å². The lowest BCUT2D eigenvalue weighted by Crippen LogP contribution is -2.70. The van der Waals surface area contributed by atoms with Gasteiger partial charge in [0.25, 0.3) is 0 Å². The van der Waals surface area contributed by atoms with E-state index in [9.17, 15) is 20.1 Å². The Morgan fingerprint density at radius 1 is 0.949 bits per heavy atom. The fraction of sp³-hybridized carbons (Fsp3) is 0.532. The van der Waals surface area contributed by atoms with Gasteiger partial charge in [-0.15, -0.1) is 6.58 Å². The Morgan fingerprint density at radius 3 is 2.39 bits per heavy atom. The molecule has 3 N–H and O–H groups in total. The number of rotatable bonds is 20. The fourth-order valence-electron chi connectivity index (χ4n) is 9.09. The average molecular weight is 815 g/mol. The summed E-state index contributed by atoms with van der Waals surface area (Å²) in [5.41, 5.74) is 1.95. The highest BCUT2D eigenvalue weighted by atomic mass is 16.7. The number of ether oxygens (including phenoxy) is 5. The molecule has 1 heterocycles. The monoisotopic (exact) mass is 814 g/mol. The Kier molecular flexibility index (Phi) is 15.1. The molecule has 2 aliphatic carbocycles. The van der Waals surface area contributed by atoms with Gasteiger partial charge in [0, 0.05) is 37.7 Å². The zero-order valence-corrected chi connectivity index (χ0v) is 35.0. The Hall–Kier alpha value is -4.46. The van der Waals surface area contributed by atoms with Gasteiger partial charge in [0.1, 0.15) is 28.9 Å². The van der Waals surface area contributed by atoms with Crippen LogP contribution >= 0.6 is 0 Å². The molecule has 0 spiro atoms. The quantitative estimate of drug-likeness (QED) is 0.0580. The van der Waals surface area contributed by atoms with Gasteiger partial charge in [0.15, 0.2) is 0 Å². The Labute approximate surface area is 348 Å². The second-order valence-corrected chi connectivity index (χ2v) is 16.6. The molecule has 6 rings (SSSR count). The van der Waals surface area contributed by atoms with Crippen molar-refractivity contribution in [1.82, 2.24) is 4.90 Å². The predicted molar refractivity (Wildman–Crippen MR) is 227 cm³/mol. The van der Waals surface area contributed by atoms with Gasteiger partial charge in [-0.05, 0) is 105 Å². The minimum atomic E-state index is -1.45. The number of unbranched alkanes of at least 4 members (excludes halogenated alkanes) is 2. The molecule has 0 aromatic heterocycles. The van der Waals surface area contributed by atoms with E-state index in [1.165, 1.54) is 7.11 Å². The molecular weight excluding hydrogens is 753 g/mol. The van der Waals surface area contributed by atoms with Gasteiger partial charge < -0.3 is 43.8 Å². The van der Waals surface area contributed by atoms with Crippen LogP contribution in [-0.2, 0) is 19.0 Å². The van der Waals surface area contributed by atoms with Gasteiger partial charge in [-0.25, -0.2) is 4.79 Å². The maximum absolute atomic E-state index is 13.9. The Morgan fingerprint density at radius 2 is 1.68 bits per heavy atom. The summed E-state index contributed by atoms with van der Waals surface area (Å²) in [7, 11) is 1.35. The van der Waals surface area contributed by atoms with Crippen LogP contribution in [0.4, 0.5) is 4.79 Å². The lowest BCUT2D eigenvalue weighted by atomic mass is 9.55. The van der Waals surface area contributed by atoms with Crippen molar-refractivity contribution in [1.29, 1.82) is 0 Å². The number of amides is 1. The van der Waals surface area contributed by atoms with Crippen molar-refractivity contribution in [3.05, 3.63) is 90.5 Å². The van der Waals surface area contributed by atoms with Crippen molar-refractivity contribution in [2.75, 3.05) is 53.3 Å². The molecule has 12 nitrogen and oxygen atoms in total. The smallest absolute Gasteiger partial charge is 0.410 e. The number of oxime groups is 1. The van der Waals surface area contributed by atoms with Gasteiger partial charge in [-0.2, -0.15) is 0 Å². The van der Waals surface area contributed by atoms with Crippen molar-refractivity contribution in [2.24, 2.45) is 22.9 Å². The number of carbonyl (C=O) groups excluding carboxylic acids is 1. The van der Waals surface area contributed by atoms with Gasteiger partial charge in [-0.3, -0.25) is 4.90 Å². The standard InChI is InChI=1S/C47H62N2O10/c1-6-25-56-47-42(49(45(53)54-5)21-26-55-27-24-52)31-40(48-59-46(2,3)4)38-29-34(15-9-11-22-50)37(16-10-12-23-51)43(44(38)47)39-30-36(19-20-41(39)58-47)57-35-18-17-32-13-7-8-14-33(32)28-35/h6-8,13-14,17-20,28-30,34,37,42-44,50-52H,1,9-12,15-16,21-27,31H2,2-5H3/t34-,37+,42-,43+,44+,47+/m0/s1. The largest absolute Gasteiger partial charge is 0.459 e. The van der Waals surface area contributed by atoms with Gasteiger partial charge in [0.2, 0.25) is 5.79 Å². The van der Waals surface area contributed by atoms with Crippen LogP contribution in [0.3, 0.4) is 0 Å². The molecule has 0 bridgehead atoms. The molecule has 1 saturated carbocycles. The number of hydrogen-bond acceptors (Lipinski definition) is 11. The number of benzene rings is 3. The van der Waals surface area contributed by atoms with Crippen molar-refractivity contribution in [3.8, 4) is 17.2 Å². The SMILES string of the molecule is C=CCO[C@@]12Oc3ccc(Oc4ccc5ccccc5c4)cc3[C@H]3[C@H](CCCCO)[C@@H](CCCCO)C=C(C(=NOC(C)(C)C)C[C@@H]1N(CCOCCO)C(=O)OC)[C@H]32. The average Bonchev–Trinajstić information content (AvgIpc) is 3.23. The molecular formula is C47H62N2O10. The predicted octanol–water partition coefficient (Wildman–Crippen LogP) is 8.14. The maximum atomic E-state index is 13.9. The summed E-state index contributed by atoms with van der Waals surface area (Å²) in [4.78, 5) is 21.7. The van der Waals surface area contributed by atoms with E-state index < -0.39 is 29.4 Å². The molecule has 1 fully saturated rings. The Bertz CT molecular complexity index is 1940. The summed E-state index contributed by atoms with van der Waals surface area (Å²) >= 11 is 0. The van der Waals surface area contributed by atoms with Crippen LogP contribution in [0.1, 0.15) is 77.2 Å². The summed E-state index contributed by atoms with van der Waals surface area (Å²) < 4.78 is 32.0. The van der Waals surface area contributed by atoms with E-state index >= 15 is 0 Å². The first-order valence-corrected chi connectivity index (χ1v) is 21.0. The van der Waals surface area contributed by atoms with Crippen LogP contribution in [0.25, 0.3) is 10.8 Å². The first-order chi connectivity index (χ1) is 28.6. The van der Waals surface area contributed by atoms with Crippen molar-refractivity contribution in [3.63, 3.8) is 0 Å². The van der Waals surface area contributed by atoms with E-state index in [0.29, 0.717) is 35.8 Å². The third-order valence-corrected chi connectivity index (χ3v) is 11.5.